The molecule has 6 nitrogen and oxygen atoms in total. The number of aliphatic hydroxyl groups excluding tert-OH is 1. The topological polar surface area (TPSA) is 67.1 Å². The molecule has 1 aliphatic heterocycles. The Kier molecular flexibility index (Phi) is 3.89. The third kappa shape index (κ3) is 2.74. The molecular weight excluding hydrogens is 318 g/mol. The monoisotopic (exact) mass is 337 g/mol. The maximum Gasteiger partial charge on any atom is 0.271 e. The van der Waals surface area contributed by atoms with E-state index in [9.17, 15) is 9.90 Å². The quantitative estimate of drug-likeness (QED) is 0.796. The van der Waals surface area contributed by atoms with Crippen molar-refractivity contribution in [2.75, 3.05) is 13.7 Å². The largest absolute Gasteiger partial charge is 0.497 e. The van der Waals surface area contributed by atoms with Crippen LogP contribution < -0.4 is 4.74 Å². The van der Waals surface area contributed by atoms with Crippen molar-refractivity contribution in [1.29, 1.82) is 0 Å². The highest BCUT2D eigenvalue weighted by Crippen LogP contribution is 2.34. The number of amides is 1. The van der Waals surface area contributed by atoms with Crippen molar-refractivity contribution >= 4 is 11.6 Å². The van der Waals surface area contributed by atoms with Gasteiger partial charge >= 0.3 is 0 Å². The molecule has 1 amide bonds. The van der Waals surface area contributed by atoms with Crippen molar-refractivity contribution in [1.82, 2.24) is 14.3 Å². The Morgan fingerprint density at radius 1 is 1.28 bits per heavy atom. The summed E-state index contributed by atoms with van der Waals surface area (Å²) in [6.45, 7) is 0.311. The molecule has 1 aromatic carbocycles. The van der Waals surface area contributed by atoms with E-state index in [1.807, 2.05) is 36.4 Å². The van der Waals surface area contributed by atoms with Crippen LogP contribution >= 0.6 is 0 Å². The van der Waals surface area contributed by atoms with Crippen LogP contribution in [0.3, 0.4) is 0 Å². The molecule has 3 heterocycles. The summed E-state index contributed by atoms with van der Waals surface area (Å²) in [6.07, 6.45) is 3.42. The van der Waals surface area contributed by atoms with Crippen molar-refractivity contribution in [3.63, 3.8) is 0 Å². The number of hydrogen-bond acceptors (Lipinski definition) is 4. The molecular formula is C19H19N3O3. The minimum absolute atomic E-state index is 0.118. The van der Waals surface area contributed by atoms with Crippen LogP contribution in [0.2, 0.25) is 0 Å². The van der Waals surface area contributed by atoms with Crippen LogP contribution in [-0.2, 0) is 0 Å². The summed E-state index contributed by atoms with van der Waals surface area (Å²) < 4.78 is 7.06. The molecule has 0 bridgehead atoms. The number of aromatic nitrogens is 2. The summed E-state index contributed by atoms with van der Waals surface area (Å²) >= 11 is 0. The van der Waals surface area contributed by atoms with Gasteiger partial charge < -0.3 is 14.7 Å². The number of carbonyl (C=O) groups excluding carboxylic acids is 1. The van der Waals surface area contributed by atoms with Gasteiger partial charge in [-0.2, -0.15) is 0 Å². The highest BCUT2D eigenvalue weighted by atomic mass is 16.5. The first-order valence-electron chi connectivity index (χ1n) is 8.22. The van der Waals surface area contributed by atoms with Gasteiger partial charge in [0.15, 0.2) is 0 Å². The Hall–Kier alpha value is -2.86. The van der Waals surface area contributed by atoms with Gasteiger partial charge in [0.05, 0.1) is 19.3 Å². The molecule has 0 saturated carbocycles. The van der Waals surface area contributed by atoms with Crippen LogP contribution in [0.1, 0.15) is 28.5 Å². The minimum Gasteiger partial charge on any atom is -0.497 e. The first-order chi connectivity index (χ1) is 12.2. The van der Waals surface area contributed by atoms with Crippen LogP contribution in [0.4, 0.5) is 0 Å². The maximum atomic E-state index is 13.2. The lowest BCUT2D eigenvalue weighted by atomic mass is 10.0. The number of aliphatic hydroxyl groups is 1. The van der Waals surface area contributed by atoms with Crippen LogP contribution in [0, 0.1) is 0 Å². The van der Waals surface area contributed by atoms with E-state index in [2.05, 4.69) is 4.98 Å². The van der Waals surface area contributed by atoms with E-state index in [0.717, 1.165) is 17.0 Å². The summed E-state index contributed by atoms with van der Waals surface area (Å²) in [4.78, 5) is 19.1. The number of pyridine rings is 1. The molecule has 1 N–H and O–H groups in total. The van der Waals surface area contributed by atoms with Gasteiger partial charge in [0.1, 0.15) is 17.1 Å². The summed E-state index contributed by atoms with van der Waals surface area (Å²) in [5, 5.41) is 10.2. The summed E-state index contributed by atoms with van der Waals surface area (Å²) in [5.41, 5.74) is 2.22. The summed E-state index contributed by atoms with van der Waals surface area (Å²) in [7, 11) is 1.62. The van der Waals surface area contributed by atoms with Gasteiger partial charge in [0.25, 0.3) is 5.91 Å². The zero-order valence-electron chi connectivity index (χ0n) is 13.9. The number of rotatable bonds is 3. The SMILES string of the molecule is COc1cccc([C@H]2C[C@H](O)CN2C(=O)c2cccc3nccn23)c1. The van der Waals surface area contributed by atoms with Crippen molar-refractivity contribution < 1.29 is 14.6 Å². The second kappa shape index (κ2) is 6.22. The van der Waals surface area contributed by atoms with E-state index in [1.165, 1.54) is 0 Å². The van der Waals surface area contributed by atoms with Gasteiger partial charge in [-0.1, -0.05) is 18.2 Å². The summed E-state index contributed by atoms with van der Waals surface area (Å²) in [5.74, 6) is 0.621. The summed E-state index contributed by atoms with van der Waals surface area (Å²) in [6, 6.07) is 12.9. The number of β-amino-alcohol motifs (C(OH)–C–C–N with tert-alkyl or cyclic N) is 1. The number of carbonyl (C=O) groups is 1. The number of nitrogens with zero attached hydrogens (tertiary/aromatic N) is 3. The second-order valence-electron chi connectivity index (χ2n) is 6.21. The van der Waals surface area contributed by atoms with Crippen LogP contribution in [0.5, 0.6) is 5.75 Å². The van der Waals surface area contributed by atoms with Gasteiger partial charge in [-0.3, -0.25) is 9.20 Å². The third-order valence-electron chi connectivity index (χ3n) is 4.67. The molecule has 0 aliphatic carbocycles. The van der Waals surface area contributed by atoms with Crippen molar-refractivity contribution in [3.05, 3.63) is 66.1 Å². The van der Waals surface area contributed by atoms with Gasteiger partial charge in [0, 0.05) is 18.9 Å². The fourth-order valence-electron chi connectivity index (χ4n) is 3.47. The lowest BCUT2D eigenvalue weighted by Crippen LogP contribution is -2.33. The van der Waals surface area contributed by atoms with Crippen molar-refractivity contribution in [3.8, 4) is 5.75 Å². The Bertz CT molecular complexity index is 921. The van der Waals surface area contributed by atoms with E-state index in [0.29, 0.717) is 18.7 Å². The van der Waals surface area contributed by atoms with E-state index in [1.54, 1.807) is 34.9 Å². The molecule has 25 heavy (non-hydrogen) atoms. The number of imidazole rings is 1. The zero-order valence-corrected chi connectivity index (χ0v) is 13.9. The van der Waals surface area contributed by atoms with E-state index in [4.69, 9.17) is 4.74 Å². The third-order valence-corrected chi connectivity index (χ3v) is 4.67. The van der Waals surface area contributed by atoms with Crippen LogP contribution in [0.25, 0.3) is 5.65 Å². The molecule has 0 spiro atoms. The maximum absolute atomic E-state index is 13.2. The number of ether oxygens (including phenoxy) is 1. The normalized spacial score (nSPS) is 20.2. The van der Waals surface area contributed by atoms with Crippen LogP contribution in [-0.4, -0.2) is 45.1 Å². The standard InChI is InChI=1S/C19H19N3O3/c1-25-15-5-2-4-13(10-15)17-11-14(23)12-22(17)19(24)16-6-3-7-18-20-8-9-21(16)18/h2-10,14,17,23H,11-12H2,1H3/t14-,17+/m0/s1. The number of methoxy groups -OCH3 is 1. The van der Waals surface area contributed by atoms with Gasteiger partial charge in [-0.25, -0.2) is 4.98 Å². The molecule has 1 aliphatic rings. The van der Waals surface area contributed by atoms with Crippen molar-refractivity contribution in [2.45, 2.75) is 18.6 Å². The number of benzene rings is 1. The molecule has 1 fully saturated rings. The Morgan fingerprint density at radius 3 is 2.96 bits per heavy atom. The molecule has 2 atom stereocenters. The zero-order chi connectivity index (χ0) is 17.4. The predicted octanol–water partition coefficient (Wildman–Crippen LogP) is 2.29. The first kappa shape index (κ1) is 15.7. The second-order valence-corrected chi connectivity index (χ2v) is 6.21. The van der Waals surface area contributed by atoms with E-state index >= 15 is 0 Å². The first-order valence-corrected chi connectivity index (χ1v) is 8.22. The van der Waals surface area contributed by atoms with E-state index < -0.39 is 6.10 Å². The molecule has 0 unspecified atom stereocenters. The molecule has 1 saturated heterocycles. The highest BCUT2D eigenvalue weighted by Gasteiger charge is 2.36. The number of likely N-dealkylation sites (tertiary alicyclic amines) is 1. The van der Waals surface area contributed by atoms with Crippen molar-refractivity contribution in [2.24, 2.45) is 0 Å². The lowest BCUT2D eigenvalue weighted by Gasteiger charge is -2.25. The van der Waals surface area contributed by atoms with Gasteiger partial charge in [0.2, 0.25) is 0 Å². The average Bonchev–Trinajstić information content (AvgIpc) is 3.27. The Balaban J connectivity index is 1.72. The predicted molar refractivity (Wildman–Crippen MR) is 92.6 cm³/mol. The van der Waals surface area contributed by atoms with Gasteiger partial charge in [-0.05, 0) is 36.2 Å². The average molecular weight is 337 g/mol. The molecule has 4 rings (SSSR count). The Labute approximate surface area is 145 Å². The Morgan fingerprint density at radius 2 is 2.12 bits per heavy atom. The highest BCUT2D eigenvalue weighted by molar-refractivity contribution is 5.93. The number of fused-ring (bicyclic) bond motifs is 1. The fraction of sp³-hybridized carbons (Fsp3) is 0.263. The molecule has 6 heteroatoms. The lowest BCUT2D eigenvalue weighted by molar-refractivity contribution is 0.0708. The molecule has 0 radical (unpaired) electrons. The minimum atomic E-state index is -0.540. The molecule has 2 aromatic heterocycles. The van der Waals surface area contributed by atoms with Gasteiger partial charge in [-0.15, -0.1) is 0 Å². The van der Waals surface area contributed by atoms with E-state index in [-0.39, 0.29) is 11.9 Å². The van der Waals surface area contributed by atoms with Crippen LogP contribution in [0.15, 0.2) is 54.9 Å². The number of hydrogen-bond donors (Lipinski definition) is 1. The fourth-order valence-corrected chi connectivity index (χ4v) is 3.47. The molecule has 128 valence electrons. The smallest absolute Gasteiger partial charge is 0.271 e. The molecule has 3 aromatic rings.